The number of rotatable bonds is 2. The number of carbonyl (C=O) groups excluding carboxylic acids is 2. The number of hydrogen-bond donors (Lipinski definition) is 1. The van der Waals surface area contributed by atoms with Crippen molar-refractivity contribution in [2.75, 3.05) is 5.32 Å². The molecule has 0 saturated carbocycles. The van der Waals surface area contributed by atoms with Crippen molar-refractivity contribution in [2.24, 2.45) is 7.05 Å². The first-order valence-corrected chi connectivity index (χ1v) is 7.32. The minimum atomic E-state index is -0.674. The van der Waals surface area contributed by atoms with Crippen molar-refractivity contribution in [3.05, 3.63) is 41.0 Å². The van der Waals surface area contributed by atoms with Crippen molar-refractivity contribution in [3.8, 4) is 0 Å². The summed E-state index contributed by atoms with van der Waals surface area (Å²) in [6, 6.07) is 1.74. The van der Waals surface area contributed by atoms with Crippen LogP contribution in [0.25, 0.3) is 0 Å². The predicted octanol–water partition coefficient (Wildman–Crippen LogP) is 2.02. The maximum atomic E-state index is 12.7. The van der Waals surface area contributed by atoms with Gasteiger partial charge in [-0.2, -0.15) is 5.10 Å². The van der Waals surface area contributed by atoms with Gasteiger partial charge in [-0.3, -0.25) is 19.3 Å². The number of aromatic nitrogens is 3. The van der Waals surface area contributed by atoms with Crippen LogP contribution in [0.15, 0.2) is 18.5 Å². The average Bonchev–Trinajstić information content (AvgIpc) is 2.68. The number of anilines is 1. The smallest absolute Gasteiger partial charge is 0.274 e. The van der Waals surface area contributed by atoms with Gasteiger partial charge >= 0.3 is 0 Å². The summed E-state index contributed by atoms with van der Waals surface area (Å²) in [5, 5.41) is 6.42. The van der Waals surface area contributed by atoms with Crippen LogP contribution in [-0.2, 0) is 11.8 Å². The van der Waals surface area contributed by atoms with Gasteiger partial charge in [0.2, 0.25) is 0 Å². The van der Waals surface area contributed by atoms with Crippen molar-refractivity contribution in [1.82, 2.24) is 14.8 Å². The fourth-order valence-electron chi connectivity index (χ4n) is 2.91. The molecule has 0 aromatic carbocycles. The van der Waals surface area contributed by atoms with Crippen LogP contribution in [0.5, 0.6) is 0 Å². The third-order valence-electron chi connectivity index (χ3n) is 3.86. The quantitative estimate of drug-likeness (QED) is 0.859. The summed E-state index contributed by atoms with van der Waals surface area (Å²) in [6.45, 7) is 3.42. The summed E-state index contributed by atoms with van der Waals surface area (Å²) in [5.41, 5.74) is 2.86. The number of nitrogens with one attached hydrogen (secondary N) is 1. The Balaban J connectivity index is 2.34. The number of halogens is 1. The van der Waals surface area contributed by atoms with E-state index in [0.717, 1.165) is 0 Å². The molecule has 1 aliphatic heterocycles. The van der Waals surface area contributed by atoms with Gasteiger partial charge in [-0.1, -0.05) is 0 Å². The van der Waals surface area contributed by atoms with Crippen molar-refractivity contribution in [1.29, 1.82) is 0 Å². The Labute approximate surface area is 132 Å². The highest BCUT2D eigenvalue weighted by atomic mass is 35.5. The second-order valence-electron chi connectivity index (χ2n) is 5.34. The molecule has 6 nitrogen and oxygen atoms in total. The van der Waals surface area contributed by atoms with Crippen LogP contribution in [0.4, 0.5) is 5.69 Å². The molecule has 0 bridgehead atoms. The Hall–Kier alpha value is -2.21. The van der Waals surface area contributed by atoms with Gasteiger partial charge in [0.1, 0.15) is 5.69 Å². The topological polar surface area (TPSA) is 76.9 Å². The zero-order chi connectivity index (χ0) is 16.0. The minimum Gasteiger partial charge on any atom is -0.319 e. The van der Waals surface area contributed by atoms with Crippen LogP contribution in [-0.4, -0.2) is 31.8 Å². The van der Waals surface area contributed by atoms with Crippen LogP contribution in [0.3, 0.4) is 0 Å². The maximum absolute atomic E-state index is 12.7. The molecule has 3 rings (SSSR count). The van der Waals surface area contributed by atoms with E-state index < -0.39 is 11.3 Å². The Kier molecular flexibility index (Phi) is 3.48. The Morgan fingerprint density at radius 1 is 1.50 bits per heavy atom. The molecule has 1 amide bonds. The SMILES string of the molecule is Cc1nn(C)c2c1C(C(=O)C(C)Cl)c1ccncc1NC2=O. The number of nitrogens with zero attached hydrogens (tertiary/aromatic N) is 3. The number of alkyl halides is 1. The second kappa shape index (κ2) is 5.21. The van der Waals surface area contributed by atoms with Crippen LogP contribution < -0.4 is 5.32 Å². The van der Waals surface area contributed by atoms with Gasteiger partial charge in [0.05, 0.1) is 28.9 Å². The third-order valence-corrected chi connectivity index (χ3v) is 4.08. The van der Waals surface area contributed by atoms with E-state index in [2.05, 4.69) is 15.4 Å². The molecular formula is C15H15ClN4O2. The van der Waals surface area contributed by atoms with Crippen LogP contribution in [0.1, 0.15) is 40.2 Å². The van der Waals surface area contributed by atoms with E-state index in [1.165, 1.54) is 4.68 Å². The van der Waals surface area contributed by atoms with Gasteiger partial charge in [0, 0.05) is 18.8 Å². The number of ketones is 1. The highest BCUT2D eigenvalue weighted by Gasteiger charge is 2.37. The van der Waals surface area contributed by atoms with Crippen molar-refractivity contribution < 1.29 is 9.59 Å². The lowest BCUT2D eigenvalue weighted by molar-refractivity contribution is -0.119. The highest BCUT2D eigenvalue weighted by Crippen LogP contribution is 2.38. The number of aryl methyl sites for hydroxylation is 2. The summed E-state index contributed by atoms with van der Waals surface area (Å²) in [6.07, 6.45) is 3.14. The lowest BCUT2D eigenvalue weighted by Gasteiger charge is -2.18. The molecule has 0 saturated heterocycles. The molecule has 114 valence electrons. The van der Waals surface area contributed by atoms with Crippen molar-refractivity contribution >= 4 is 29.0 Å². The number of carbonyl (C=O) groups is 2. The number of amides is 1. The molecule has 0 fully saturated rings. The number of hydrogen-bond acceptors (Lipinski definition) is 4. The Morgan fingerprint density at radius 3 is 2.91 bits per heavy atom. The number of pyridine rings is 1. The zero-order valence-electron chi connectivity index (χ0n) is 12.4. The second-order valence-corrected chi connectivity index (χ2v) is 5.99. The number of fused-ring (bicyclic) bond motifs is 2. The summed E-state index contributed by atoms with van der Waals surface area (Å²) >= 11 is 6.05. The van der Waals surface area contributed by atoms with E-state index in [1.807, 2.05) is 0 Å². The highest BCUT2D eigenvalue weighted by molar-refractivity contribution is 6.32. The summed E-state index contributed by atoms with van der Waals surface area (Å²) < 4.78 is 1.50. The van der Waals surface area contributed by atoms with Gasteiger partial charge < -0.3 is 5.32 Å². The molecule has 0 radical (unpaired) electrons. The molecule has 2 aromatic heterocycles. The van der Waals surface area contributed by atoms with E-state index in [0.29, 0.717) is 28.2 Å². The van der Waals surface area contributed by atoms with E-state index >= 15 is 0 Å². The zero-order valence-corrected chi connectivity index (χ0v) is 13.2. The van der Waals surface area contributed by atoms with E-state index in [9.17, 15) is 9.59 Å². The Bertz CT molecular complexity index is 782. The van der Waals surface area contributed by atoms with E-state index in [1.54, 1.807) is 39.4 Å². The maximum Gasteiger partial charge on any atom is 0.274 e. The molecule has 0 aliphatic carbocycles. The molecular weight excluding hydrogens is 304 g/mol. The predicted molar refractivity (Wildman–Crippen MR) is 82.3 cm³/mol. The Morgan fingerprint density at radius 2 is 2.23 bits per heavy atom. The van der Waals surface area contributed by atoms with Crippen molar-refractivity contribution in [3.63, 3.8) is 0 Å². The number of Topliss-reactive ketones (excluding diaryl/α,β-unsaturated/α-hetero) is 1. The van der Waals surface area contributed by atoms with Gasteiger partial charge in [-0.15, -0.1) is 11.6 Å². The molecule has 22 heavy (non-hydrogen) atoms. The fourth-order valence-corrected chi connectivity index (χ4v) is 3.04. The summed E-state index contributed by atoms with van der Waals surface area (Å²) in [7, 11) is 1.69. The third kappa shape index (κ3) is 2.11. The monoisotopic (exact) mass is 318 g/mol. The molecule has 1 aliphatic rings. The largest absolute Gasteiger partial charge is 0.319 e. The first-order chi connectivity index (χ1) is 10.4. The fraction of sp³-hybridized carbons (Fsp3) is 0.333. The van der Waals surface area contributed by atoms with Crippen molar-refractivity contribution in [2.45, 2.75) is 25.1 Å². The van der Waals surface area contributed by atoms with E-state index in [-0.39, 0.29) is 11.7 Å². The average molecular weight is 319 g/mol. The molecule has 2 aromatic rings. The molecule has 2 unspecified atom stereocenters. The molecule has 2 atom stereocenters. The van der Waals surface area contributed by atoms with Gasteiger partial charge in [0.25, 0.3) is 5.91 Å². The first-order valence-electron chi connectivity index (χ1n) is 6.88. The normalized spacial score (nSPS) is 18.0. The van der Waals surface area contributed by atoms with Crippen LogP contribution in [0, 0.1) is 6.92 Å². The molecule has 7 heteroatoms. The van der Waals surface area contributed by atoms with Gasteiger partial charge in [-0.25, -0.2) is 0 Å². The van der Waals surface area contributed by atoms with Crippen LogP contribution in [0.2, 0.25) is 0 Å². The van der Waals surface area contributed by atoms with Crippen LogP contribution >= 0.6 is 11.6 Å². The standard InChI is InChI=1S/C15H15ClN4O2/c1-7(16)14(21)12-9-4-5-17-6-10(9)18-15(22)13-11(12)8(2)19-20(13)3/h4-7,12H,1-3H3,(H,18,22). The lowest BCUT2D eigenvalue weighted by atomic mass is 9.85. The molecule has 3 heterocycles. The van der Waals surface area contributed by atoms with Gasteiger partial charge in [0.15, 0.2) is 5.78 Å². The molecule has 0 spiro atoms. The minimum absolute atomic E-state index is 0.164. The summed E-state index contributed by atoms with van der Waals surface area (Å²) in [4.78, 5) is 29.2. The van der Waals surface area contributed by atoms with E-state index in [4.69, 9.17) is 11.6 Å². The van der Waals surface area contributed by atoms with Gasteiger partial charge in [-0.05, 0) is 25.5 Å². The summed E-state index contributed by atoms with van der Waals surface area (Å²) in [5.74, 6) is -1.10. The first kappa shape index (κ1) is 14.7. The lowest BCUT2D eigenvalue weighted by Crippen LogP contribution is -2.22. The molecule has 1 N–H and O–H groups in total.